The summed E-state index contributed by atoms with van der Waals surface area (Å²) < 4.78 is 17.0. The maximum atomic E-state index is 15.6. The minimum absolute atomic E-state index is 0.0238. The minimum Gasteiger partial charge on any atom is -0.507 e. The Hall–Kier alpha value is -3.65. The third-order valence-corrected chi connectivity index (χ3v) is 7.66. The Morgan fingerprint density at radius 1 is 1.28 bits per heavy atom. The summed E-state index contributed by atoms with van der Waals surface area (Å²) in [5.41, 5.74) is 1.38. The first-order chi connectivity index (χ1) is 17.3. The van der Waals surface area contributed by atoms with Gasteiger partial charge in [-0.15, -0.1) is 10.2 Å². The summed E-state index contributed by atoms with van der Waals surface area (Å²) >= 11 is 0. The highest BCUT2D eigenvalue weighted by Crippen LogP contribution is 2.42. The molecule has 0 radical (unpaired) electrons. The monoisotopic (exact) mass is 489 g/mol. The summed E-state index contributed by atoms with van der Waals surface area (Å²) in [7, 11) is 1.64. The molecule has 36 heavy (non-hydrogen) atoms. The molecule has 2 aliphatic heterocycles. The summed E-state index contributed by atoms with van der Waals surface area (Å²) in [4.78, 5) is 10.8. The number of halogens is 1. The number of phenols is 1. The first kappa shape index (κ1) is 22.8. The van der Waals surface area contributed by atoms with Crippen LogP contribution in [0.1, 0.15) is 51.3 Å². The van der Waals surface area contributed by atoms with Gasteiger partial charge in [0.25, 0.3) is 0 Å². The van der Waals surface area contributed by atoms with Gasteiger partial charge in [-0.05, 0) is 57.6 Å². The van der Waals surface area contributed by atoms with Crippen molar-refractivity contribution in [3.8, 4) is 34.5 Å². The largest absolute Gasteiger partial charge is 0.507 e. The van der Waals surface area contributed by atoms with E-state index in [-0.39, 0.29) is 35.2 Å². The van der Waals surface area contributed by atoms with E-state index in [4.69, 9.17) is 5.26 Å². The van der Waals surface area contributed by atoms with Crippen LogP contribution in [-0.2, 0) is 7.05 Å². The fourth-order valence-electron chi connectivity index (χ4n) is 5.74. The van der Waals surface area contributed by atoms with Gasteiger partial charge in [-0.1, -0.05) is 6.07 Å². The van der Waals surface area contributed by atoms with Gasteiger partial charge in [0.1, 0.15) is 23.7 Å². The average molecular weight is 490 g/mol. The van der Waals surface area contributed by atoms with Gasteiger partial charge in [-0.25, -0.2) is 14.1 Å². The molecule has 4 atom stereocenters. The second-order valence-corrected chi connectivity index (χ2v) is 10.4. The molecule has 3 aromatic rings. The third-order valence-electron chi connectivity index (χ3n) is 7.66. The summed E-state index contributed by atoms with van der Waals surface area (Å²) in [6.45, 7) is 2.19. The maximum Gasteiger partial charge on any atom is 0.245 e. The highest BCUT2D eigenvalue weighted by molar-refractivity contribution is 5.71. The van der Waals surface area contributed by atoms with Gasteiger partial charge in [0, 0.05) is 35.8 Å². The quantitative estimate of drug-likeness (QED) is 0.556. The van der Waals surface area contributed by atoms with Crippen molar-refractivity contribution in [1.82, 2.24) is 35.3 Å². The number of nitrogens with zero attached hydrogens (tertiary/aromatic N) is 8. The Balaban J connectivity index is 1.27. The summed E-state index contributed by atoms with van der Waals surface area (Å²) in [6.07, 6.45) is 6.26. The number of fused-ring (bicyclic) bond motifs is 2. The Labute approximate surface area is 208 Å². The molecular formula is C25H28FN9O. The third kappa shape index (κ3) is 3.95. The molecule has 0 unspecified atom stereocenters. The molecule has 4 heterocycles. The first-order valence-corrected chi connectivity index (χ1v) is 12.4. The summed E-state index contributed by atoms with van der Waals surface area (Å²) in [5, 5.41) is 36.3. The lowest BCUT2D eigenvalue weighted by Crippen LogP contribution is -2.67. The molecule has 11 heteroatoms. The number of piperidine rings is 2. The van der Waals surface area contributed by atoms with Crippen molar-refractivity contribution in [3.63, 3.8) is 0 Å². The van der Waals surface area contributed by atoms with Crippen LogP contribution in [-0.4, -0.2) is 64.9 Å². The van der Waals surface area contributed by atoms with Crippen molar-refractivity contribution >= 4 is 5.95 Å². The zero-order chi connectivity index (χ0) is 25.0. The van der Waals surface area contributed by atoms with E-state index in [2.05, 4.69) is 42.4 Å². The van der Waals surface area contributed by atoms with Gasteiger partial charge in [-0.2, -0.15) is 15.3 Å². The van der Waals surface area contributed by atoms with Gasteiger partial charge >= 0.3 is 0 Å². The van der Waals surface area contributed by atoms with E-state index in [1.54, 1.807) is 25.4 Å². The molecular weight excluding hydrogens is 461 g/mol. The number of nitriles is 1. The molecule has 2 aromatic heterocycles. The molecule has 1 aliphatic carbocycles. The molecule has 3 fully saturated rings. The van der Waals surface area contributed by atoms with Crippen molar-refractivity contribution in [3.05, 3.63) is 30.2 Å². The van der Waals surface area contributed by atoms with Crippen LogP contribution in [0.15, 0.2) is 24.4 Å². The number of alkyl halides is 1. The molecule has 186 valence electrons. The number of aryl methyl sites for hydroxylation is 1. The number of hydrogen-bond donors (Lipinski definition) is 2. The number of aromatic nitrogens is 6. The molecule has 2 saturated heterocycles. The van der Waals surface area contributed by atoms with Crippen LogP contribution < -0.4 is 10.2 Å². The number of hydrogen-bond acceptors (Lipinski definition) is 9. The van der Waals surface area contributed by atoms with Crippen molar-refractivity contribution in [2.45, 2.75) is 75.3 Å². The number of benzene rings is 1. The van der Waals surface area contributed by atoms with Crippen LogP contribution in [0, 0.1) is 11.3 Å². The van der Waals surface area contributed by atoms with E-state index < -0.39 is 6.17 Å². The van der Waals surface area contributed by atoms with Crippen LogP contribution in [0.4, 0.5) is 10.3 Å². The van der Waals surface area contributed by atoms with Crippen LogP contribution in [0.5, 0.6) is 5.75 Å². The summed E-state index contributed by atoms with van der Waals surface area (Å²) in [6, 6.07) is 6.77. The highest BCUT2D eigenvalue weighted by atomic mass is 19.1. The topological polar surface area (TPSA) is 129 Å². The summed E-state index contributed by atoms with van der Waals surface area (Å²) in [5.74, 6) is 0.942. The van der Waals surface area contributed by atoms with Crippen molar-refractivity contribution in [2.75, 3.05) is 4.90 Å². The van der Waals surface area contributed by atoms with Gasteiger partial charge in [0.2, 0.25) is 11.8 Å². The van der Waals surface area contributed by atoms with E-state index >= 15 is 4.39 Å². The first-order valence-electron chi connectivity index (χ1n) is 12.4. The lowest BCUT2D eigenvalue weighted by Gasteiger charge is -2.52. The van der Waals surface area contributed by atoms with Gasteiger partial charge < -0.3 is 15.3 Å². The van der Waals surface area contributed by atoms with Crippen LogP contribution in [0.3, 0.4) is 0 Å². The molecule has 3 aliphatic rings. The van der Waals surface area contributed by atoms with Gasteiger partial charge in [0.15, 0.2) is 5.82 Å². The molecule has 6 rings (SSSR count). The zero-order valence-electron chi connectivity index (χ0n) is 20.3. The predicted molar refractivity (Wildman–Crippen MR) is 130 cm³/mol. The molecule has 1 saturated carbocycles. The molecule has 1 aromatic carbocycles. The van der Waals surface area contributed by atoms with Crippen molar-refractivity contribution < 1.29 is 9.50 Å². The van der Waals surface area contributed by atoms with Crippen LogP contribution in [0.2, 0.25) is 0 Å². The average Bonchev–Trinajstić information content (AvgIpc) is 3.63. The fourth-order valence-corrected chi connectivity index (χ4v) is 5.74. The molecule has 2 bridgehead atoms. The Kier molecular flexibility index (Phi) is 5.37. The van der Waals surface area contributed by atoms with E-state index in [0.29, 0.717) is 35.0 Å². The van der Waals surface area contributed by atoms with Gasteiger partial charge in [0.05, 0.1) is 12.2 Å². The molecule has 0 amide bonds. The predicted octanol–water partition coefficient (Wildman–Crippen LogP) is 2.89. The highest BCUT2D eigenvalue weighted by Gasteiger charge is 2.50. The number of anilines is 1. The fraction of sp³-hybridized carbons (Fsp3) is 0.520. The number of aromatic hydroxyl groups is 1. The maximum absolute atomic E-state index is 15.6. The molecule has 2 N–H and O–H groups in total. The number of nitrogens with one attached hydrogen (secondary N) is 1. The molecule has 10 nitrogen and oxygen atoms in total. The second kappa shape index (κ2) is 8.48. The minimum atomic E-state index is -0.986. The van der Waals surface area contributed by atoms with Gasteiger partial charge in [-0.3, -0.25) is 0 Å². The number of rotatable bonds is 5. The zero-order valence-corrected chi connectivity index (χ0v) is 20.3. The van der Waals surface area contributed by atoms with E-state index in [9.17, 15) is 5.11 Å². The van der Waals surface area contributed by atoms with Crippen molar-refractivity contribution in [1.29, 1.82) is 5.26 Å². The SMILES string of the molecule is Cn1nc(-c2ccc(-c3cnc(N(C4CC4)[C@H]4C[C@]5(C)CCC[C@H](N5)[C@H]4F)nn3)c(O)c2)nc1C#N. The second-order valence-electron chi connectivity index (χ2n) is 10.4. The molecule has 0 spiro atoms. The number of phenolic OH excluding ortho intramolecular Hbond substituents is 1. The lowest BCUT2D eigenvalue weighted by atomic mass is 9.74. The Bertz CT molecular complexity index is 1330. The smallest absolute Gasteiger partial charge is 0.245 e. The Morgan fingerprint density at radius 2 is 2.11 bits per heavy atom. The Morgan fingerprint density at radius 3 is 2.78 bits per heavy atom. The van der Waals surface area contributed by atoms with E-state index in [0.717, 1.165) is 32.1 Å². The standard InChI is InChI=1S/C25H28FN9O/c1-25-9-3-4-17(30-25)22(26)19(11-25)35(15-6-7-15)24-28-13-18(31-32-24)16-8-5-14(10-20(16)36)23-29-21(12-27)34(2)33-23/h5,8,10,13,15,17,19,22,30,36H,3-4,6-7,9,11H2,1-2H3/t17-,19-,22+,25-/m0/s1. The van der Waals surface area contributed by atoms with E-state index in [1.165, 1.54) is 10.7 Å². The van der Waals surface area contributed by atoms with Crippen LogP contribution >= 0.6 is 0 Å². The lowest BCUT2D eigenvalue weighted by molar-refractivity contribution is 0.0582. The van der Waals surface area contributed by atoms with Crippen LogP contribution in [0.25, 0.3) is 22.6 Å². The van der Waals surface area contributed by atoms with Crippen molar-refractivity contribution in [2.24, 2.45) is 7.05 Å². The van der Waals surface area contributed by atoms with E-state index in [1.807, 2.05) is 6.07 Å². The normalized spacial score (nSPS) is 27.4.